The number of amides is 1. The third-order valence-corrected chi connectivity index (χ3v) is 4.66. The summed E-state index contributed by atoms with van der Waals surface area (Å²) in [4.78, 5) is 14.3. The van der Waals surface area contributed by atoms with Crippen molar-refractivity contribution in [2.45, 2.75) is 56.8 Å². The van der Waals surface area contributed by atoms with E-state index in [9.17, 15) is 4.79 Å². The Hall–Kier alpha value is -0.650. The van der Waals surface area contributed by atoms with Crippen LogP contribution in [0.3, 0.4) is 0 Å². The monoisotopic (exact) mass is 282 g/mol. The lowest BCUT2D eigenvalue weighted by atomic mass is 10.1. The molecule has 2 saturated heterocycles. The highest BCUT2D eigenvalue weighted by Crippen LogP contribution is 2.30. The van der Waals surface area contributed by atoms with Gasteiger partial charge in [0, 0.05) is 26.2 Å². The van der Waals surface area contributed by atoms with Crippen molar-refractivity contribution in [3.05, 3.63) is 0 Å². The van der Waals surface area contributed by atoms with E-state index in [0.29, 0.717) is 12.6 Å². The summed E-state index contributed by atoms with van der Waals surface area (Å²) < 4.78 is 11.6. The molecule has 20 heavy (non-hydrogen) atoms. The van der Waals surface area contributed by atoms with Gasteiger partial charge in [0.2, 0.25) is 0 Å². The molecular weight excluding hydrogens is 256 g/mol. The minimum Gasteiger partial charge on any atom is -0.378 e. The first-order valence-corrected chi connectivity index (χ1v) is 8.02. The van der Waals surface area contributed by atoms with Crippen LogP contribution in [0.5, 0.6) is 0 Å². The number of piperidine rings is 1. The number of hydrogen-bond donors (Lipinski definition) is 1. The van der Waals surface area contributed by atoms with E-state index in [-0.39, 0.29) is 18.1 Å². The van der Waals surface area contributed by atoms with Crippen molar-refractivity contribution in [3.63, 3.8) is 0 Å². The van der Waals surface area contributed by atoms with Gasteiger partial charge in [-0.2, -0.15) is 0 Å². The first-order valence-electron chi connectivity index (χ1n) is 8.02. The molecule has 0 radical (unpaired) electrons. The minimum atomic E-state index is -0.257. The summed E-state index contributed by atoms with van der Waals surface area (Å²) in [7, 11) is 0. The molecule has 0 aromatic heterocycles. The van der Waals surface area contributed by atoms with E-state index in [1.807, 2.05) is 4.90 Å². The van der Waals surface area contributed by atoms with Gasteiger partial charge < -0.3 is 20.1 Å². The maximum absolute atomic E-state index is 12.4. The molecule has 0 spiro atoms. The zero-order valence-electron chi connectivity index (χ0n) is 12.1. The second-order valence-electron chi connectivity index (χ2n) is 6.36. The van der Waals surface area contributed by atoms with Gasteiger partial charge in [-0.15, -0.1) is 0 Å². The van der Waals surface area contributed by atoms with Crippen LogP contribution in [0.15, 0.2) is 0 Å². The molecule has 3 aliphatic rings. The number of rotatable bonds is 5. The van der Waals surface area contributed by atoms with Gasteiger partial charge in [0.15, 0.2) is 0 Å². The van der Waals surface area contributed by atoms with Gasteiger partial charge >= 0.3 is 0 Å². The lowest BCUT2D eigenvalue weighted by Gasteiger charge is -2.33. The molecule has 2 heterocycles. The van der Waals surface area contributed by atoms with E-state index in [1.165, 1.54) is 12.8 Å². The molecular formula is C15H26N2O3. The van der Waals surface area contributed by atoms with E-state index in [2.05, 4.69) is 0 Å². The molecule has 3 rings (SSSR count). The number of nitrogens with two attached hydrogens (primary N) is 1. The van der Waals surface area contributed by atoms with Crippen LogP contribution in [0, 0.1) is 5.92 Å². The lowest BCUT2D eigenvalue weighted by molar-refractivity contribution is -0.145. The van der Waals surface area contributed by atoms with Crippen molar-refractivity contribution in [2.75, 3.05) is 26.2 Å². The largest absolute Gasteiger partial charge is 0.378 e. The predicted octanol–water partition coefficient (Wildman–Crippen LogP) is 0.910. The zero-order valence-corrected chi connectivity index (χ0v) is 12.1. The smallest absolute Gasteiger partial charge is 0.251 e. The van der Waals surface area contributed by atoms with Crippen molar-refractivity contribution in [1.29, 1.82) is 0 Å². The first-order chi connectivity index (χ1) is 9.76. The number of ether oxygens (including phenoxy) is 2. The molecule has 1 aliphatic carbocycles. The van der Waals surface area contributed by atoms with E-state index < -0.39 is 0 Å². The molecule has 1 amide bonds. The third kappa shape index (κ3) is 3.51. The van der Waals surface area contributed by atoms with Gasteiger partial charge in [-0.3, -0.25) is 4.79 Å². The Morgan fingerprint density at radius 2 is 1.90 bits per heavy atom. The zero-order chi connectivity index (χ0) is 13.9. The van der Waals surface area contributed by atoms with Crippen molar-refractivity contribution in [1.82, 2.24) is 4.90 Å². The Bertz CT molecular complexity index is 338. The van der Waals surface area contributed by atoms with Crippen LogP contribution in [-0.4, -0.2) is 55.4 Å². The highest BCUT2D eigenvalue weighted by atomic mass is 16.5. The number of carbonyl (C=O) groups excluding carboxylic acids is 1. The number of nitrogens with zero attached hydrogens (tertiary/aromatic N) is 1. The molecule has 5 nitrogen and oxygen atoms in total. The van der Waals surface area contributed by atoms with Gasteiger partial charge in [-0.05, 0) is 44.4 Å². The molecule has 2 aliphatic heterocycles. The maximum Gasteiger partial charge on any atom is 0.251 e. The summed E-state index contributed by atoms with van der Waals surface area (Å²) in [5.41, 5.74) is 5.59. The molecule has 0 aromatic carbocycles. The number of carbonyl (C=O) groups is 1. The molecule has 114 valence electrons. The molecule has 5 heteroatoms. The number of hydrogen-bond acceptors (Lipinski definition) is 4. The summed E-state index contributed by atoms with van der Waals surface area (Å²) in [6, 6.07) is 0. The van der Waals surface area contributed by atoms with Crippen LogP contribution in [0.25, 0.3) is 0 Å². The fourth-order valence-corrected chi connectivity index (χ4v) is 3.06. The maximum atomic E-state index is 12.4. The van der Waals surface area contributed by atoms with Crippen molar-refractivity contribution in [2.24, 2.45) is 11.7 Å². The third-order valence-electron chi connectivity index (χ3n) is 4.66. The number of likely N-dealkylation sites (tertiary alicyclic amines) is 1. The fourth-order valence-electron chi connectivity index (χ4n) is 3.06. The normalized spacial score (nSPS) is 31.8. The molecule has 0 unspecified atom stereocenters. The predicted molar refractivity (Wildman–Crippen MR) is 75.2 cm³/mol. The molecule has 3 fully saturated rings. The van der Waals surface area contributed by atoms with Crippen LogP contribution < -0.4 is 5.73 Å². The van der Waals surface area contributed by atoms with Crippen LogP contribution in [0.1, 0.15) is 38.5 Å². The molecule has 2 atom stereocenters. The Balaban J connectivity index is 1.39. The van der Waals surface area contributed by atoms with Gasteiger partial charge in [0.05, 0.1) is 12.2 Å². The second-order valence-corrected chi connectivity index (χ2v) is 6.36. The molecule has 2 N–H and O–H groups in total. The van der Waals surface area contributed by atoms with Crippen molar-refractivity contribution in [3.8, 4) is 0 Å². The van der Waals surface area contributed by atoms with Crippen molar-refractivity contribution >= 4 is 5.91 Å². The Morgan fingerprint density at radius 3 is 2.50 bits per heavy atom. The van der Waals surface area contributed by atoms with Crippen LogP contribution >= 0.6 is 0 Å². The highest BCUT2D eigenvalue weighted by Gasteiger charge is 2.34. The summed E-state index contributed by atoms with van der Waals surface area (Å²) in [6.45, 7) is 3.05. The molecule has 0 aromatic rings. The van der Waals surface area contributed by atoms with Gasteiger partial charge in [0.25, 0.3) is 5.91 Å². The highest BCUT2D eigenvalue weighted by molar-refractivity contribution is 5.81. The Labute approximate surface area is 120 Å². The fraction of sp³-hybridized carbons (Fsp3) is 0.933. The van der Waals surface area contributed by atoms with Gasteiger partial charge in [0.1, 0.15) is 6.10 Å². The SMILES string of the molecule is NC[C@H]1CC[C@@H](C(=O)N2CCC(OCC3CC3)CC2)O1. The van der Waals surface area contributed by atoms with E-state index in [0.717, 1.165) is 51.3 Å². The minimum absolute atomic E-state index is 0.0726. The summed E-state index contributed by atoms with van der Waals surface area (Å²) >= 11 is 0. The standard InChI is InChI=1S/C15H26N2O3/c16-9-13-3-4-14(20-13)15(18)17-7-5-12(6-8-17)19-10-11-1-2-11/h11-14H,1-10,16H2/t13-,14+/m1/s1. The first kappa shape index (κ1) is 14.3. The lowest BCUT2D eigenvalue weighted by Crippen LogP contribution is -2.45. The average molecular weight is 282 g/mol. The van der Waals surface area contributed by atoms with Gasteiger partial charge in [-0.25, -0.2) is 0 Å². The molecule has 1 saturated carbocycles. The Morgan fingerprint density at radius 1 is 1.15 bits per heavy atom. The average Bonchev–Trinajstić information content (AvgIpc) is 3.20. The van der Waals surface area contributed by atoms with Crippen LogP contribution in [-0.2, 0) is 14.3 Å². The Kier molecular flexibility index (Phi) is 4.58. The topological polar surface area (TPSA) is 64.8 Å². The second kappa shape index (κ2) is 6.41. The van der Waals surface area contributed by atoms with Gasteiger partial charge in [-0.1, -0.05) is 0 Å². The van der Waals surface area contributed by atoms with E-state index in [4.69, 9.17) is 15.2 Å². The molecule has 0 bridgehead atoms. The summed E-state index contributed by atoms with van der Waals surface area (Å²) in [6.07, 6.45) is 6.48. The van der Waals surface area contributed by atoms with Crippen molar-refractivity contribution < 1.29 is 14.3 Å². The van der Waals surface area contributed by atoms with Crippen LogP contribution in [0.4, 0.5) is 0 Å². The van der Waals surface area contributed by atoms with E-state index in [1.54, 1.807) is 0 Å². The summed E-state index contributed by atoms with van der Waals surface area (Å²) in [5.74, 6) is 0.969. The van der Waals surface area contributed by atoms with E-state index >= 15 is 0 Å². The summed E-state index contributed by atoms with van der Waals surface area (Å²) in [5, 5.41) is 0. The quantitative estimate of drug-likeness (QED) is 0.814. The van der Waals surface area contributed by atoms with Crippen LogP contribution in [0.2, 0.25) is 0 Å².